The molecule has 0 bridgehead atoms. The third-order valence-electron chi connectivity index (χ3n) is 3.24. The zero-order chi connectivity index (χ0) is 14.1. The molecule has 20 heavy (non-hydrogen) atoms. The number of nitrogens with two attached hydrogens (primary N) is 1. The van der Waals surface area contributed by atoms with Crippen LogP contribution in [0.25, 0.3) is 0 Å². The van der Waals surface area contributed by atoms with E-state index in [-0.39, 0.29) is 12.5 Å². The van der Waals surface area contributed by atoms with E-state index in [9.17, 15) is 4.79 Å². The quantitative estimate of drug-likeness (QED) is 0.821. The van der Waals surface area contributed by atoms with E-state index < -0.39 is 0 Å². The van der Waals surface area contributed by atoms with Gasteiger partial charge in [-0.2, -0.15) is 0 Å². The highest BCUT2D eigenvalue weighted by molar-refractivity contribution is 6.04. The van der Waals surface area contributed by atoms with Gasteiger partial charge >= 0.3 is 0 Å². The number of anilines is 4. The molecule has 0 aliphatic carbocycles. The van der Waals surface area contributed by atoms with Gasteiger partial charge < -0.3 is 15.8 Å². The third-order valence-corrected chi connectivity index (χ3v) is 3.24. The van der Waals surface area contributed by atoms with Gasteiger partial charge in [0.05, 0.1) is 5.69 Å². The summed E-state index contributed by atoms with van der Waals surface area (Å²) < 4.78 is 5.43. The number of carbonyl (C=O) groups excluding carboxylic acids is 1. The summed E-state index contributed by atoms with van der Waals surface area (Å²) in [6, 6.07) is 12.9. The number of hydrogen-bond donors (Lipinski definition) is 2. The molecule has 0 radical (unpaired) electrons. The molecule has 0 saturated carbocycles. The van der Waals surface area contributed by atoms with E-state index in [4.69, 9.17) is 10.5 Å². The molecule has 0 saturated heterocycles. The zero-order valence-electron chi connectivity index (χ0n) is 11.1. The number of fused-ring (bicyclic) bond motifs is 1. The first-order chi connectivity index (χ1) is 9.69. The SMILES string of the molecule is CNc1ccc(N2C(=O)COc3ccc(N)cc32)cc1. The van der Waals surface area contributed by atoms with Crippen molar-refractivity contribution in [2.75, 3.05) is 29.6 Å². The number of nitrogens with one attached hydrogen (secondary N) is 1. The average molecular weight is 269 g/mol. The lowest BCUT2D eigenvalue weighted by Crippen LogP contribution is -2.35. The molecule has 102 valence electrons. The number of nitrogen functional groups attached to an aromatic ring is 1. The predicted octanol–water partition coefficient (Wildman–Crippen LogP) is 2.37. The predicted molar refractivity (Wildman–Crippen MR) is 79.5 cm³/mol. The molecule has 0 atom stereocenters. The van der Waals surface area contributed by atoms with Gasteiger partial charge in [-0.1, -0.05) is 0 Å². The van der Waals surface area contributed by atoms with Crippen molar-refractivity contribution in [1.29, 1.82) is 0 Å². The third kappa shape index (κ3) is 2.03. The Labute approximate surface area is 117 Å². The molecule has 5 heteroatoms. The number of amides is 1. The van der Waals surface area contributed by atoms with Gasteiger partial charge in [-0.3, -0.25) is 9.69 Å². The van der Waals surface area contributed by atoms with Crippen molar-refractivity contribution < 1.29 is 9.53 Å². The van der Waals surface area contributed by atoms with Crippen LogP contribution in [-0.4, -0.2) is 19.6 Å². The van der Waals surface area contributed by atoms with Crippen molar-refractivity contribution in [3.8, 4) is 5.75 Å². The van der Waals surface area contributed by atoms with Crippen LogP contribution in [0.5, 0.6) is 5.75 Å². The molecule has 0 fully saturated rings. The minimum atomic E-state index is -0.111. The Morgan fingerprint density at radius 2 is 1.95 bits per heavy atom. The fourth-order valence-electron chi connectivity index (χ4n) is 2.23. The molecule has 2 aromatic carbocycles. The summed E-state index contributed by atoms with van der Waals surface area (Å²) in [5.41, 5.74) is 8.87. The molecule has 3 rings (SSSR count). The van der Waals surface area contributed by atoms with Crippen LogP contribution >= 0.6 is 0 Å². The van der Waals surface area contributed by atoms with E-state index in [1.807, 2.05) is 31.3 Å². The molecule has 0 spiro atoms. The Morgan fingerprint density at radius 3 is 2.65 bits per heavy atom. The molecule has 3 N–H and O–H groups in total. The molecule has 1 amide bonds. The molecule has 2 aromatic rings. The van der Waals surface area contributed by atoms with Crippen molar-refractivity contribution >= 4 is 28.7 Å². The maximum Gasteiger partial charge on any atom is 0.269 e. The van der Waals surface area contributed by atoms with Gasteiger partial charge in [0.15, 0.2) is 6.61 Å². The van der Waals surface area contributed by atoms with E-state index in [2.05, 4.69) is 5.32 Å². The van der Waals surface area contributed by atoms with Gasteiger partial charge in [-0.15, -0.1) is 0 Å². The monoisotopic (exact) mass is 269 g/mol. The number of rotatable bonds is 2. The lowest BCUT2D eigenvalue weighted by Gasteiger charge is -2.29. The number of ether oxygens (including phenoxy) is 1. The van der Waals surface area contributed by atoms with E-state index >= 15 is 0 Å². The summed E-state index contributed by atoms with van der Waals surface area (Å²) in [6.45, 7) is 0.0324. The minimum absolute atomic E-state index is 0.0324. The van der Waals surface area contributed by atoms with Gasteiger partial charge in [0.2, 0.25) is 0 Å². The topological polar surface area (TPSA) is 67.6 Å². The first-order valence-corrected chi connectivity index (χ1v) is 6.32. The van der Waals surface area contributed by atoms with Crippen LogP contribution < -0.4 is 20.7 Å². The van der Waals surface area contributed by atoms with Crippen LogP contribution in [0.1, 0.15) is 0 Å². The zero-order valence-corrected chi connectivity index (χ0v) is 11.1. The van der Waals surface area contributed by atoms with Crippen LogP contribution in [0, 0.1) is 0 Å². The maximum absolute atomic E-state index is 12.2. The van der Waals surface area contributed by atoms with Crippen molar-refractivity contribution in [1.82, 2.24) is 0 Å². The van der Waals surface area contributed by atoms with E-state index in [0.29, 0.717) is 17.1 Å². The highest BCUT2D eigenvalue weighted by Gasteiger charge is 2.26. The second kappa shape index (κ2) is 4.77. The van der Waals surface area contributed by atoms with Crippen molar-refractivity contribution in [2.24, 2.45) is 0 Å². The number of carbonyl (C=O) groups is 1. The summed E-state index contributed by atoms with van der Waals surface area (Å²) in [5, 5.41) is 3.05. The first-order valence-electron chi connectivity index (χ1n) is 6.32. The summed E-state index contributed by atoms with van der Waals surface area (Å²) in [7, 11) is 1.85. The second-order valence-electron chi connectivity index (χ2n) is 4.54. The van der Waals surface area contributed by atoms with Crippen molar-refractivity contribution in [3.63, 3.8) is 0 Å². The van der Waals surface area contributed by atoms with Crippen molar-refractivity contribution in [3.05, 3.63) is 42.5 Å². The van der Waals surface area contributed by atoms with Crippen molar-refractivity contribution in [2.45, 2.75) is 0 Å². The second-order valence-corrected chi connectivity index (χ2v) is 4.54. The van der Waals surface area contributed by atoms with Gasteiger partial charge in [-0.05, 0) is 42.5 Å². The smallest absolute Gasteiger partial charge is 0.269 e. The molecule has 0 aromatic heterocycles. The molecule has 5 nitrogen and oxygen atoms in total. The minimum Gasteiger partial charge on any atom is -0.482 e. The van der Waals surface area contributed by atoms with Gasteiger partial charge in [0, 0.05) is 24.1 Å². The maximum atomic E-state index is 12.2. The fourth-order valence-corrected chi connectivity index (χ4v) is 2.23. The Bertz CT molecular complexity index is 653. The van der Waals surface area contributed by atoms with Crippen LogP contribution in [0.2, 0.25) is 0 Å². The first kappa shape index (κ1) is 12.3. The highest BCUT2D eigenvalue weighted by atomic mass is 16.5. The Morgan fingerprint density at radius 1 is 1.20 bits per heavy atom. The average Bonchev–Trinajstić information content (AvgIpc) is 2.47. The fraction of sp³-hybridized carbons (Fsp3) is 0.133. The standard InChI is InChI=1S/C15H15N3O2/c1-17-11-3-5-12(6-4-11)18-13-8-10(16)2-7-14(13)20-9-15(18)19/h2-8,17H,9,16H2,1H3. The summed E-state index contributed by atoms with van der Waals surface area (Å²) in [6.07, 6.45) is 0. The van der Waals surface area contributed by atoms with Gasteiger partial charge in [-0.25, -0.2) is 0 Å². The number of nitrogens with zero attached hydrogens (tertiary/aromatic N) is 1. The van der Waals surface area contributed by atoms with E-state index in [1.165, 1.54) is 0 Å². The summed E-state index contributed by atoms with van der Waals surface area (Å²) in [4.78, 5) is 13.8. The lowest BCUT2D eigenvalue weighted by atomic mass is 10.1. The molecule has 1 heterocycles. The highest BCUT2D eigenvalue weighted by Crippen LogP contribution is 2.38. The molecule has 1 aliphatic heterocycles. The van der Waals surface area contributed by atoms with Crippen LogP contribution in [0.3, 0.4) is 0 Å². The molecule has 0 unspecified atom stereocenters. The molecular weight excluding hydrogens is 254 g/mol. The molecular formula is C15H15N3O2. The van der Waals surface area contributed by atoms with Crippen LogP contribution in [0.4, 0.5) is 22.7 Å². The number of hydrogen-bond acceptors (Lipinski definition) is 4. The summed E-state index contributed by atoms with van der Waals surface area (Å²) in [5.74, 6) is 0.553. The molecule has 1 aliphatic rings. The van der Waals surface area contributed by atoms with Gasteiger partial charge in [0.1, 0.15) is 5.75 Å². The Hall–Kier alpha value is -2.69. The largest absolute Gasteiger partial charge is 0.482 e. The van der Waals surface area contributed by atoms with E-state index in [1.54, 1.807) is 23.1 Å². The lowest BCUT2D eigenvalue weighted by molar-refractivity contribution is -0.120. The Kier molecular flexibility index (Phi) is 2.95. The van der Waals surface area contributed by atoms with Gasteiger partial charge in [0.25, 0.3) is 5.91 Å². The summed E-state index contributed by atoms with van der Waals surface area (Å²) >= 11 is 0. The van der Waals surface area contributed by atoms with E-state index in [0.717, 1.165) is 11.4 Å². The normalized spacial score (nSPS) is 13.7. The Balaban J connectivity index is 2.07. The van der Waals surface area contributed by atoms with Crippen LogP contribution in [0.15, 0.2) is 42.5 Å². The number of benzene rings is 2. The van der Waals surface area contributed by atoms with Crippen LogP contribution in [-0.2, 0) is 4.79 Å².